The van der Waals surface area contributed by atoms with Crippen LogP contribution in [0.25, 0.3) is 0 Å². The van der Waals surface area contributed by atoms with Gasteiger partial charge in [-0.3, -0.25) is 4.79 Å². The zero-order valence-electron chi connectivity index (χ0n) is 10.8. The lowest BCUT2D eigenvalue weighted by Gasteiger charge is -2.11. The number of halogens is 2. The normalized spacial score (nSPS) is 10.6. The molecule has 100 valence electrons. The summed E-state index contributed by atoms with van der Waals surface area (Å²) in [6, 6.07) is 3.51. The molecule has 0 saturated carbocycles. The molecule has 0 aliphatic rings. The third-order valence-electron chi connectivity index (χ3n) is 2.40. The average Bonchev–Trinajstić information content (AvgIpc) is 2.29. The summed E-state index contributed by atoms with van der Waals surface area (Å²) in [7, 11) is 0. The van der Waals surface area contributed by atoms with Crippen LogP contribution in [0.15, 0.2) is 12.1 Å². The number of amides is 1. The second-order valence-electron chi connectivity index (χ2n) is 4.63. The fourth-order valence-corrected chi connectivity index (χ4v) is 1.79. The molecule has 0 aromatic heterocycles. The van der Waals surface area contributed by atoms with Gasteiger partial charge in [0.25, 0.3) is 0 Å². The first-order valence-electron chi connectivity index (χ1n) is 5.86. The number of anilines is 1. The van der Waals surface area contributed by atoms with Crippen molar-refractivity contribution in [3.05, 3.63) is 27.7 Å². The first-order valence-corrected chi connectivity index (χ1v) is 6.62. The molecule has 0 bridgehead atoms. The van der Waals surface area contributed by atoms with Gasteiger partial charge in [0.1, 0.15) is 0 Å². The van der Waals surface area contributed by atoms with Gasteiger partial charge in [-0.25, -0.2) is 0 Å². The molecule has 0 saturated heterocycles. The second kappa shape index (κ2) is 6.86. The smallest absolute Gasteiger partial charge is 0.239 e. The summed E-state index contributed by atoms with van der Waals surface area (Å²) in [6.07, 6.45) is 0. The van der Waals surface area contributed by atoms with Gasteiger partial charge in [-0.05, 0) is 30.5 Å². The van der Waals surface area contributed by atoms with Gasteiger partial charge < -0.3 is 10.6 Å². The largest absolute Gasteiger partial charge is 0.375 e. The van der Waals surface area contributed by atoms with E-state index in [9.17, 15) is 4.79 Å². The fourth-order valence-electron chi connectivity index (χ4n) is 1.34. The first kappa shape index (κ1) is 15.1. The molecule has 1 aromatic rings. The highest BCUT2D eigenvalue weighted by Gasteiger charge is 2.07. The van der Waals surface area contributed by atoms with Crippen molar-refractivity contribution in [1.82, 2.24) is 5.32 Å². The van der Waals surface area contributed by atoms with Gasteiger partial charge in [0.2, 0.25) is 5.91 Å². The molecule has 0 aliphatic heterocycles. The van der Waals surface area contributed by atoms with E-state index in [0.717, 1.165) is 5.56 Å². The van der Waals surface area contributed by atoms with Crippen LogP contribution in [0.5, 0.6) is 0 Å². The molecule has 1 rings (SSSR count). The summed E-state index contributed by atoms with van der Waals surface area (Å²) in [6.45, 7) is 6.83. The number of nitrogens with one attached hydrogen (secondary N) is 2. The second-order valence-corrected chi connectivity index (χ2v) is 5.45. The molecular weight excluding hydrogens is 271 g/mol. The van der Waals surface area contributed by atoms with E-state index in [4.69, 9.17) is 23.2 Å². The predicted molar refractivity (Wildman–Crippen MR) is 77.5 cm³/mol. The number of aryl methyl sites for hydroxylation is 1. The molecule has 1 amide bonds. The van der Waals surface area contributed by atoms with E-state index in [1.165, 1.54) is 0 Å². The lowest BCUT2D eigenvalue weighted by Crippen LogP contribution is -2.32. The highest BCUT2D eigenvalue weighted by atomic mass is 35.5. The van der Waals surface area contributed by atoms with E-state index < -0.39 is 0 Å². The summed E-state index contributed by atoms with van der Waals surface area (Å²) in [5.41, 5.74) is 1.59. The van der Waals surface area contributed by atoms with Gasteiger partial charge in [-0.2, -0.15) is 0 Å². The van der Waals surface area contributed by atoms with Crippen LogP contribution in [-0.2, 0) is 4.79 Å². The van der Waals surface area contributed by atoms with E-state index >= 15 is 0 Å². The van der Waals surface area contributed by atoms with Crippen molar-refractivity contribution in [2.45, 2.75) is 20.8 Å². The van der Waals surface area contributed by atoms with Crippen molar-refractivity contribution in [1.29, 1.82) is 0 Å². The number of carbonyl (C=O) groups is 1. The molecule has 18 heavy (non-hydrogen) atoms. The summed E-state index contributed by atoms with van der Waals surface area (Å²) < 4.78 is 0. The topological polar surface area (TPSA) is 41.1 Å². The van der Waals surface area contributed by atoms with Gasteiger partial charge in [0, 0.05) is 11.6 Å². The molecule has 0 aliphatic carbocycles. The number of benzene rings is 1. The van der Waals surface area contributed by atoms with Gasteiger partial charge in [-0.1, -0.05) is 37.0 Å². The zero-order valence-corrected chi connectivity index (χ0v) is 12.3. The Bertz CT molecular complexity index is 433. The first-order chi connectivity index (χ1) is 8.40. The Morgan fingerprint density at radius 1 is 1.28 bits per heavy atom. The predicted octanol–water partition coefficient (Wildman–Crippen LogP) is 3.49. The Balaban J connectivity index is 2.53. The Morgan fingerprint density at radius 3 is 2.56 bits per heavy atom. The molecular formula is C13H18Cl2N2O. The van der Waals surface area contributed by atoms with Crippen molar-refractivity contribution in [2.75, 3.05) is 18.4 Å². The van der Waals surface area contributed by atoms with Gasteiger partial charge in [0.05, 0.1) is 17.3 Å². The fraction of sp³-hybridized carbons (Fsp3) is 0.462. The minimum Gasteiger partial charge on any atom is -0.375 e. The maximum atomic E-state index is 11.5. The monoisotopic (exact) mass is 288 g/mol. The number of carbonyl (C=O) groups excluding carboxylic acids is 1. The van der Waals surface area contributed by atoms with E-state index in [-0.39, 0.29) is 12.5 Å². The Morgan fingerprint density at radius 2 is 1.94 bits per heavy atom. The number of rotatable bonds is 5. The maximum absolute atomic E-state index is 11.5. The number of hydrogen-bond donors (Lipinski definition) is 2. The van der Waals surface area contributed by atoms with Crippen LogP contribution in [0.3, 0.4) is 0 Å². The maximum Gasteiger partial charge on any atom is 0.239 e. The molecule has 0 atom stereocenters. The average molecular weight is 289 g/mol. The van der Waals surface area contributed by atoms with Gasteiger partial charge >= 0.3 is 0 Å². The molecule has 0 spiro atoms. The molecule has 0 fully saturated rings. The highest BCUT2D eigenvalue weighted by Crippen LogP contribution is 2.28. The molecule has 2 N–H and O–H groups in total. The van der Waals surface area contributed by atoms with Crippen LogP contribution >= 0.6 is 23.2 Å². The van der Waals surface area contributed by atoms with Crippen LogP contribution in [0, 0.1) is 12.8 Å². The summed E-state index contributed by atoms with van der Waals surface area (Å²) in [5, 5.41) is 6.99. The van der Waals surface area contributed by atoms with Crippen LogP contribution < -0.4 is 10.6 Å². The van der Waals surface area contributed by atoms with E-state index in [1.54, 1.807) is 12.1 Å². The molecule has 3 nitrogen and oxygen atoms in total. The Labute approximate surface area is 118 Å². The van der Waals surface area contributed by atoms with Crippen molar-refractivity contribution < 1.29 is 4.79 Å². The Kier molecular flexibility index (Phi) is 5.76. The standard InChI is InChI=1S/C13H18Cl2N2O/c1-8(2)6-17-13(18)7-16-12-5-10(14)9(3)4-11(12)15/h4-5,8,16H,6-7H2,1-3H3,(H,17,18). The third kappa shape index (κ3) is 4.75. The zero-order chi connectivity index (χ0) is 13.7. The number of hydrogen-bond acceptors (Lipinski definition) is 2. The minimum atomic E-state index is -0.0588. The molecule has 1 aromatic carbocycles. The van der Waals surface area contributed by atoms with Crippen molar-refractivity contribution in [3.63, 3.8) is 0 Å². The highest BCUT2D eigenvalue weighted by molar-refractivity contribution is 6.35. The van der Waals surface area contributed by atoms with Crippen molar-refractivity contribution in [3.8, 4) is 0 Å². The van der Waals surface area contributed by atoms with E-state index in [1.807, 2.05) is 20.8 Å². The van der Waals surface area contributed by atoms with E-state index in [2.05, 4.69) is 10.6 Å². The quantitative estimate of drug-likeness (QED) is 0.871. The van der Waals surface area contributed by atoms with E-state index in [0.29, 0.717) is 28.2 Å². The third-order valence-corrected chi connectivity index (χ3v) is 3.12. The van der Waals surface area contributed by atoms with Crippen molar-refractivity contribution in [2.24, 2.45) is 5.92 Å². The SMILES string of the molecule is Cc1cc(Cl)c(NCC(=O)NCC(C)C)cc1Cl. The molecule has 0 unspecified atom stereocenters. The molecule has 0 radical (unpaired) electrons. The lowest BCUT2D eigenvalue weighted by atomic mass is 10.2. The van der Waals surface area contributed by atoms with Crippen LogP contribution in [0.4, 0.5) is 5.69 Å². The van der Waals surface area contributed by atoms with Gasteiger partial charge in [-0.15, -0.1) is 0 Å². The van der Waals surface area contributed by atoms with Crippen LogP contribution in [0.2, 0.25) is 10.0 Å². The molecule has 5 heteroatoms. The van der Waals surface area contributed by atoms with Crippen molar-refractivity contribution >= 4 is 34.8 Å². The molecule has 0 heterocycles. The minimum absolute atomic E-state index is 0.0588. The summed E-state index contributed by atoms with van der Waals surface area (Å²) in [4.78, 5) is 11.5. The van der Waals surface area contributed by atoms with Gasteiger partial charge in [0.15, 0.2) is 0 Å². The lowest BCUT2D eigenvalue weighted by molar-refractivity contribution is -0.119. The summed E-state index contributed by atoms with van der Waals surface area (Å²) in [5.74, 6) is 0.378. The van der Waals surface area contributed by atoms with Crippen LogP contribution in [-0.4, -0.2) is 19.0 Å². The van der Waals surface area contributed by atoms with Crippen LogP contribution in [0.1, 0.15) is 19.4 Å². The Hall–Kier alpha value is -0.930. The summed E-state index contributed by atoms with van der Waals surface area (Å²) >= 11 is 12.1.